The van der Waals surface area contributed by atoms with Crippen molar-refractivity contribution in [3.8, 4) is 0 Å². The Bertz CT molecular complexity index is 766. The first kappa shape index (κ1) is 47.2. The second kappa shape index (κ2) is 39.4. The summed E-state index contributed by atoms with van der Waals surface area (Å²) in [4.78, 5) is 0. The van der Waals surface area contributed by atoms with E-state index in [2.05, 4.69) is 42.3 Å². The third-order valence-electron chi connectivity index (χ3n) is 11.6. The molecule has 0 aliphatic heterocycles. The molecule has 0 aliphatic carbocycles. The average molecular weight is 700 g/mol. The number of nitrogens with zero attached hydrogens (tertiary/aromatic N) is 2. The van der Waals surface area contributed by atoms with Crippen LogP contribution in [-0.2, 0) is 19.5 Å². The maximum Gasteiger partial charge on any atom is 0.256 e. The molecule has 1 rings (SSSR count). The van der Waals surface area contributed by atoms with Gasteiger partial charge in [-0.2, -0.15) is 0 Å². The summed E-state index contributed by atoms with van der Waals surface area (Å²) in [5, 5.41) is 0. The van der Waals surface area contributed by atoms with Gasteiger partial charge in [0.1, 0.15) is 12.4 Å². The second-order valence-electron chi connectivity index (χ2n) is 16.6. The number of aryl methyl sites for hydroxylation is 2. The summed E-state index contributed by atoms with van der Waals surface area (Å²) in [6.07, 6.45) is 62.3. The molecule has 0 atom stereocenters. The number of imidazole rings is 1. The fourth-order valence-corrected chi connectivity index (χ4v) is 8.09. The van der Waals surface area contributed by atoms with E-state index in [-0.39, 0.29) is 0 Å². The first-order valence-electron chi connectivity index (χ1n) is 23.9. The Morgan fingerprint density at radius 2 is 0.620 bits per heavy atom. The molecule has 296 valence electrons. The van der Waals surface area contributed by atoms with Gasteiger partial charge in [0.2, 0.25) is 0 Å². The second-order valence-corrected chi connectivity index (χ2v) is 16.6. The highest BCUT2D eigenvalue weighted by molar-refractivity contribution is 4.84. The Morgan fingerprint density at radius 1 is 0.340 bits per heavy atom. The van der Waals surface area contributed by atoms with E-state index in [0.717, 1.165) is 0 Å². The van der Waals surface area contributed by atoms with Gasteiger partial charge in [0.05, 0.1) is 13.1 Å². The van der Waals surface area contributed by atoms with Crippen LogP contribution in [0.3, 0.4) is 0 Å². The number of unbranched alkanes of at least 4 members (excludes halogenated alkanes) is 36. The fraction of sp³-hybridized carbons (Fsp3) is 0.938. The van der Waals surface area contributed by atoms with Gasteiger partial charge >= 0.3 is 0 Å². The van der Waals surface area contributed by atoms with E-state index in [0.29, 0.717) is 0 Å². The summed E-state index contributed by atoms with van der Waals surface area (Å²) in [7, 11) is 0. The van der Waals surface area contributed by atoms with Crippen LogP contribution in [0.25, 0.3) is 0 Å². The molecule has 0 bridgehead atoms. The van der Waals surface area contributed by atoms with Gasteiger partial charge in [0.25, 0.3) is 5.82 Å². The molecular formula is C48H95N2+. The lowest BCUT2D eigenvalue weighted by molar-refractivity contribution is -0.704. The zero-order valence-corrected chi connectivity index (χ0v) is 35.2. The van der Waals surface area contributed by atoms with Gasteiger partial charge in [-0.05, 0) is 32.1 Å². The summed E-state index contributed by atoms with van der Waals surface area (Å²) < 4.78 is 5.31. The lowest BCUT2D eigenvalue weighted by atomic mass is 10.0. The van der Waals surface area contributed by atoms with Crippen molar-refractivity contribution in [3.63, 3.8) is 0 Å². The third-order valence-corrected chi connectivity index (χ3v) is 11.6. The zero-order chi connectivity index (χ0) is 35.8. The molecule has 0 amide bonds. The average Bonchev–Trinajstić information content (AvgIpc) is 3.51. The Hall–Kier alpha value is -0.790. The summed E-state index contributed by atoms with van der Waals surface area (Å²) >= 11 is 0. The van der Waals surface area contributed by atoms with E-state index in [1.807, 2.05) is 0 Å². The molecule has 0 aromatic carbocycles. The van der Waals surface area contributed by atoms with E-state index in [1.54, 1.807) is 5.82 Å². The molecular weight excluding hydrogens is 605 g/mol. The molecule has 1 aromatic rings. The molecule has 0 radical (unpaired) electrons. The molecule has 0 aliphatic rings. The molecule has 2 nitrogen and oxygen atoms in total. The van der Waals surface area contributed by atoms with Crippen molar-refractivity contribution in [3.05, 3.63) is 18.2 Å². The molecule has 0 saturated carbocycles. The Kier molecular flexibility index (Phi) is 37.2. The summed E-state index contributed by atoms with van der Waals surface area (Å²) in [6, 6.07) is 0. The normalized spacial score (nSPS) is 11.7. The van der Waals surface area contributed by atoms with E-state index < -0.39 is 0 Å². The highest BCUT2D eigenvalue weighted by atomic mass is 15.1. The molecule has 1 heterocycles. The van der Waals surface area contributed by atoms with Gasteiger partial charge in [-0.25, -0.2) is 9.13 Å². The Labute approximate surface area is 317 Å². The van der Waals surface area contributed by atoms with Crippen LogP contribution >= 0.6 is 0 Å². The Morgan fingerprint density at radius 3 is 0.960 bits per heavy atom. The summed E-state index contributed by atoms with van der Waals surface area (Å²) in [6.45, 7) is 9.41. The summed E-state index contributed by atoms with van der Waals surface area (Å²) in [5.74, 6) is 1.63. The van der Waals surface area contributed by atoms with Gasteiger partial charge in [0.15, 0.2) is 0 Å². The van der Waals surface area contributed by atoms with Crippen molar-refractivity contribution in [1.29, 1.82) is 0 Å². The number of hydrogen-bond donors (Lipinski definition) is 0. The van der Waals surface area contributed by atoms with Gasteiger partial charge in [0, 0.05) is 6.42 Å². The van der Waals surface area contributed by atoms with Crippen LogP contribution < -0.4 is 4.57 Å². The van der Waals surface area contributed by atoms with Gasteiger partial charge < -0.3 is 0 Å². The van der Waals surface area contributed by atoms with Crippen LogP contribution in [0.1, 0.15) is 277 Å². The number of rotatable bonds is 42. The third kappa shape index (κ3) is 30.8. The van der Waals surface area contributed by atoms with Crippen molar-refractivity contribution in [2.24, 2.45) is 0 Å². The molecule has 0 saturated heterocycles. The predicted octanol–water partition coefficient (Wildman–Crippen LogP) is 16.6. The molecule has 50 heavy (non-hydrogen) atoms. The van der Waals surface area contributed by atoms with Crippen molar-refractivity contribution in [2.45, 2.75) is 291 Å². The lowest BCUT2D eigenvalue weighted by Crippen LogP contribution is -2.37. The minimum atomic E-state index is 1.23. The largest absolute Gasteiger partial charge is 0.256 e. The standard InChI is InChI=1S/C48H95N2/c1-4-7-10-13-16-19-22-24-25-26-27-30-33-36-39-42-45-50-47-46-49(44-41-38-35-32-29-21-18-15-12-9-6-3)48(50)43-40-37-34-31-28-23-20-17-14-11-8-5-2/h46-47H,4-45H2,1-3H3/q+1. The van der Waals surface area contributed by atoms with Gasteiger partial charge in [-0.3, -0.25) is 0 Å². The van der Waals surface area contributed by atoms with Crippen molar-refractivity contribution in [1.82, 2.24) is 4.57 Å². The van der Waals surface area contributed by atoms with Gasteiger partial charge in [-0.1, -0.05) is 239 Å². The van der Waals surface area contributed by atoms with Crippen molar-refractivity contribution >= 4 is 0 Å². The quantitative estimate of drug-likeness (QED) is 0.0474. The van der Waals surface area contributed by atoms with Crippen molar-refractivity contribution < 1.29 is 4.57 Å². The van der Waals surface area contributed by atoms with Crippen LogP contribution in [-0.4, -0.2) is 4.57 Å². The van der Waals surface area contributed by atoms with Crippen LogP contribution in [0.4, 0.5) is 0 Å². The SMILES string of the molecule is CCCCCCCCCCCCCCCCCCn1cc[n+](CCCCCCCCCCCCC)c1CCCCCCCCCCCCCC. The highest BCUT2D eigenvalue weighted by Gasteiger charge is 2.16. The maximum atomic E-state index is 2.65. The van der Waals surface area contributed by atoms with Crippen LogP contribution in [0.15, 0.2) is 12.4 Å². The molecule has 1 aromatic heterocycles. The smallest absolute Gasteiger partial charge is 0.234 e. The van der Waals surface area contributed by atoms with E-state index >= 15 is 0 Å². The zero-order valence-electron chi connectivity index (χ0n) is 35.2. The van der Waals surface area contributed by atoms with E-state index in [9.17, 15) is 0 Å². The monoisotopic (exact) mass is 700 g/mol. The first-order valence-corrected chi connectivity index (χ1v) is 23.9. The van der Waals surface area contributed by atoms with Crippen LogP contribution in [0, 0.1) is 0 Å². The van der Waals surface area contributed by atoms with E-state index in [1.165, 1.54) is 270 Å². The van der Waals surface area contributed by atoms with Crippen molar-refractivity contribution in [2.75, 3.05) is 0 Å². The minimum Gasteiger partial charge on any atom is -0.234 e. The predicted molar refractivity (Wildman–Crippen MR) is 225 cm³/mol. The summed E-state index contributed by atoms with van der Waals surface area (Å²) in [5.41, 5.74) is 0. The molecule has 0 unspecified atom stereocenters. The molecule has 0 N–H and O–H groups in total. The fourth-order valence-electron chi connectivity index (χ4n) is 8.09. The molecule has 2 heteroatoms. The maximum absolute atomic E-state index is 2.65. The molecule has 0 fully saturated rings. The number of hydrogen-bond acceptors (Lipinski definition) is 0. The van der Waals surface area contributed by atoms with E-state index in [4.69, 9.17) is 0 Å². The number of aromatic nitrogens is 2. The Balaban J connectivity index is 2.25. The first-order chi connectivity index (χ1) is 24.8. The highest BCUT2D eigenvalue weighted by Crippen LogP contribution is 2.17. The topological polar surface area (TPSA) is 8.81 Å². The van der Waals surface area contributed by atoms with Crippen LogP contribution in [0.5, 0.6) is 0 Å². The van der Waals surface area contributed by atoms with Crippen LogP contribution in [0.2, 0.25) is 0 Å². The lowest BCUT2D eigenvalue weighted by Gasteiger charge is -2.07. The van der Waals surface area contributed by atoms with Gasteiger partial charge in [-0.15, -0.1) is 0 Å². The molecule has 0 spiro atoms. The minimum absolute atomic E-state index is 1.23.